The Labute approximate surface area is 155 Å². The van der Waals surface area contributed by atoms with Crippen LogP contribution < -0.4 is 9.47 Å². The highest BCUT2D eigenvalue weighted by Crippen LogP contribution is 2.36. The van der Waals surface area contributed by atoms with Crippen LogP contribution in [-0.2, 0) is 16.0 Å². The summed E-state index contributed by atoms with van der Waals surface area (Å²) in [5.41, 5.74) is 4.67. The van der Waals surface area contributed by atoms with Gasteiger partial charge < -0.3 is 19.2 Å². The number of esters is 1. The minimum absolute atomic E-state index is 0.217. The number of carbonyl (C=O) groups excluding carboxylic acids is 1. The summed E-state index contributed by atoms with van der Waals surface area (Å²) in [5.74, 6) is 1.10. The van der Waals surface area contributed by atoms with Crippen LogP contribution in [-0.4, -0.2) is 36.1 Å². The number of H-pyrrole nitrogens is 1. The third-order valence-corrected chi connectivity index (χ3v) is 4.94. The highest BCUT2D eigenvalue weighted by Gasteiger charge is 2.31. The van der Waals surface area contributed by atoms with E-state index in [9.17, 15) is 4.79 Å². The van der Waals surface area contributed by atoms with E-state index in [-0.39, 0.29) is 12.8 Å². The van der Waals surface area contributed by atoms with Gasteiger partial charge in [0.1, 0.15) is 0 Å². The zero-order chi connectivity index (χ0) is 18.4. The minimum Gasteiger partial charge on any atom is -0.464 e. The molecule has 136 valence electrons. The Morgan fingerprint density at radius 2 is 2.07 bits per heavy atom. The molecule has 0 fully saturated rings. The van der Waals surface area contributed by atoms with E-state index in [4.69, 9.17) is 19.2 Å². The molecule has 6 heteroatoms. The second-order valence-electron chi connectivity index (χ2n) is 6.54. The van der Waals surface area contributed by atoms with Gasteiger partial charge in [-0.3, -0.25) is 4.99 Å². The van der Waals surface area contributed by atoms with Crippen LogP contribution in [0, 0.1) is 0 Å². The first-order valence-corrected chi connectivity index (χ1v) is 8.99. The zero-order valence-electron chi connectivity index (χ0n) is 14.8. The Morgan fingerprint density at radius 1 is 1.22 bits per heavy atom. The average molecular weight is 362 g/mol. The molecule has 0 spiro atoms. The summed E-state index contributed by atoms with van der Waals surface area (Å²) in [6.07, 6.45) is 0.520. The van der Waals surface area contributed by atoms with Crippen LogP contribution in [0.15, 0.2) is 47.5 Å². The van der Waals surface area contributed by atoms with Gasteiger partial charge in [0.05, 0.1) is 18.0 Å². The Bertz CT molecular complexity index is 1080. The highest BCUT2D eigenvalue weighted by atomic mass is 16.7. The van der Waals surface area contributed by atoms with Gasteiger partial charge in [-0.2, -0.15) is 0 Å². The Kier molecular flexibility index (Phi) is 3.63. The second-order valence-corrected chi connectivity index (χ2v) is 6.54. The predicted octanol–water partition coefficient (Wildman–Crippen LogP) is 3.22. The first kappa shape index (κ1) is 15.9. The van der Waals surface area contributed by atoms with Crippen LogP contribution in [0.1, 0.15) is 23.7 Å². The summed E-state index contributed by atoms with van der Waals surface area (Å²) < 4.78 is 16.2. The number of para-hydroxylation sites is 1. The summed E-state index contributed by atoms with van der Waals surface area (Å²) >= 11 is 0. The first-order valence-electron chi connectivity index (χ1n) is 8.99. The molecule has 2 aliphatic rings. The molecular weight excluding hydrogens is 344 g/mol. The van der Waals surface area contributed by atoms with Crippen molar-refractivity contribution in [3.8, 4) is 11.5 Å². The summed E-state index contributed by atoms with van der Waals surface area (Å²) in [5, 5.41) is 1.11. The quantitative estimate of drug-likeness (QED) is 0.726. The van der Waals surface area contributed by atoms with Crippen molar-refractivity contribution in [2.45, 2.75) is 19.4 Å². The lowest BCUT2D eigenvalue weighted by molar-refractivity contribution is -0.144. The van der Waals surface area contributed by atoms with E-state index in [0.29, 0.717) is 24.5 Å². The monoisotopic (exact) mass is 362 g/mol. The topological polar surface area (TPSA) is 72.9 Å². The van der Waals surface area contributed by atoms with Gasteiger partial charge in [0, 0.05) is 22.9 Å². The molecule has 2 aromatic carbocycles. The average Bonchev–Trinajstić information content (AvgIpc) is 3.31. The molecule has 3 aromatic rings. The largest absolute Gasteiger partial charge is 0.464 e. The summed E-state index contributed by atoms with van der Waals surface area (Å²) in [4.78, 5) is 20.7. The molecule has 1 atom stereocenters. The van der Waals surface area contributed by atoms with Crippen molar-refractivity contribution in [1.82, 2.24) is 4.98 Å². The van der Waals surface area contributed by atoms with Crippen molar-refractivity contribution in [2.24, 2.45) is 4.99 Å². The van der Waals surface area contributed by atoms with E-state index in [1.807, 2.05) is 36.4 Å². The zero-order valence-corrected chi connectivity index (χ0v) is 14.8. The number of nitrogens with one attached hydrogen (secondary N) is 1. The van der Waals surface area contributed by atoms with Gasteiger partial charge in [-0.25, -0.2) is 4.79 Å². The summed E-state index contributed by atoms with van der Waals surface area (Å²) in [6.45, 7) is 2.36. The number of carbonyl (C=O) groups is 1. The predicted molar refractivity (Wildman–Crippen MR) is 101 cm³/mol. The molecule has 3 heterocycles. The molecule has 0 amide bonds. The fraction of sp³-hybridized carbons (Fsp3) is 0.238. The number of hydrogen-bond donors (Lipinski definition) is 1. The maximum atomic E-state index is 12.4. The Balaban J connectivity index is 1.67. The molecule has 1 aromatic heterocycles. The highest BCUT2D eigenvalue weighted by molar-refractivity contribution is 6.17. The number of benzene rings is 2. The first-order chi connectivity index (χ1) is 13.2. The molecule has 0 unspecified atom stereocenters. The van der Waals surface area contributed by atoms with E-state index in [2.05, 4.69) is 11.1 Å². The molecule has 6 nitrogen and oxygen atoms in total. The normalized spacial score (nSPS) is 17.5. The molecule has 5 rings (SSSR count). The molecule has 27 heavy (non-hydrogen) atoms. The van der Waals surface area contributed by atoms with E-state index in [0.717, 1.165) is 33.4 Å². The molecule has 0 bridgehead atoms. The van der Waals surface area contributed by atoms with Gasteiger partial charge in [-0.1, -0.05) is 18.2 Å². The van der Waals surface area contributed by atoms with Crippen molar-refractivity contribution < 1.29 is 19.0 Å². The molecule has 0 radical (unpaired) electrons. The smallest absolute Gasteiger partial charge is 0.331 e. The number of aliphatic imine (C=N–C) groups is 1. The van der Waals surface area contributed by atoms with Gasteiger partial charge >= 0.3 is 5.97 Å². The van der Waals surface area contributed by atoms with E-state index < -0.39 is 6.04 Å². The van der Waals surface area contributed by atoms with Gasteiger partial charge in [0.25, 0.3) is 0 Å². The van der Waals surface area contributed by atoms with E-state index in [1.54, 1.807) is 6.92 Å². The third kappa shape index (κ3) is 2.56. The van der Waals surface area contributed by atoms with Crippen molar-refractivity contribution in [2.75, 3.05) is 13.4 Å². The lowest BCUT2D eigenvalue weighted by Gasteiger charge is -2.20. The molecule has 0 saturated carbocycles. The minimum atomic E-state index is -0.558. The van der Waals surface area contributed by atoms with Crippen molar-refractivity contribution in [1.29, 1.82) is 0 Å². The van der Waals surface area contributed by atoms with Crippen LogP contribution in [0.25, 0.3) is 10.9 Å². The van der Waals surface area contributed by atoms with Gasteiger partial charge in [-0.05, 0) is 36.8 Å². The van der Waals surface area contributed by atoms with Crippen LogP contribution in [0.4, 0.5) is 0 Å². The number of hydrogen-bond acceptors (Lipinski definition) is 5. The van der Waals surface area contributed by atoms with Crippen molar-refractivity contribution >= 4 is 22.6 Å². The van der Waals surface area contributed by atoms with Crippen LogP contribution in [0.5, 0.6) is 11.5 Å². The standard InChI is InChI=1S/C21H18N2O4/c1-2-25-21(24)16-10-14-13-5-3-4-6-15(13)22-20(14)19(23-16)12-7-8-17-18(9-12)27-11-26-17/h3-9,16,22H,2,10-11H2,1H3/t16-/m1/s1. The maximum absolute atomic E-state index is 12.4. The van der Waals surface area contributed by atoms with E-state index in [1.165, 1.54) is 0 Å². The fourth-order valence-corrected chi connectivity index (χ4v) is 3.71. The van der Waals surface area contributed by atoms with Gasteiger partial charge in [-0.15, -0.1) is 0 Å². The summed E-state index contributed by atoms with van der Waals surface area (Å²) in [7, 11) is 0. The number of aromatic amines is 1. The molecule has 0 saturated heterocycles. The van der Waals surface area contributed by atoms with Crippen molar-refractivity contribution in [3.05, 3.63) is 59.3 Å². The number of ether oxygens (including phenoxy) is 3. The Morgan fingerprint density at radius 3 is 2.96 bits per heavy atom. The maximum Gasteiger partial charge on any atom is 0.331 e. The number of fused-ring (bicyclic) bond motifs is 4. The fourth-order valence-electron chi connectivity index (χ4n) is 3.71. The second kappa shape index (κ2) is 6.16. The lowest BCUT2D eigenvalue weighted by Crippen LogP contribution is -2.30. The molecule has 1 N–H and O–H groups in total. The number of rotatable bonds is 3. The Hall–Kier alpha value is -3.28. The SMILES string of the molecule is CCOC(=O)[C@H]1Cc2c([nH]c3ccccc23)C(c2ccc3c(c2)OCO3)=N1. The van der Waals surface area contributed by atoms with E-state index >= 15 is 0 Å². The van der Waals surface area contributed by atoms with Gasteiger partial charge in [0.15, 0.2) is 17.5 Å². The molecular formula is C21H18N2O4. The lowest BCUT2D eigenvalue weighted by atomic mass is 9.94. The third-order valence-electron chi connectivity index (χ3n) is 4.94. The van der Waals surface area contributed by atoms with Crippen LogP contribution in [0.3, 0.4) is 0 Å². The van der Waals surface area contributed by atoms with Gasteiger partial charge in [0.2, 0.25) is 6.79 Å². The van der Waals surface area contributed by atoms with Crippen molar-refractivity contribution in [3.63, 3.8) is 0 Å². The van der Waals surface area contributed by atoms with Crippen LogP contribution in [0.2, 0.25) is 0 Å². The number of nitrogens with zero attached hydrogens (tertiary/aromatic N) is 1. The molecule has 0 aliphatic carbocycles. The van der Waals surface area contributed by atoms with Crippen LogP contribution >= 0.6 is 0 Å². The molecule has 2 aliphatic heterocycles. The summed E-state index contributed by atoms with van der Waals surface area (Å²) in [6, 6.07) is 13.2. The number of aromatic nitrogens is 1.